The third-order valence-corrected chi connectivity index (χ3v) is 18.2. The molecule has 0 N–H and O–H groups in total. The second-order valence-electron chi connectivity index (χ2n) is 40.8. The van der Waals surface area contributed by atoms with Crippen LogP contribution in [0.25, 0.3) is 0 Å². The smallest absolute Gasteiger partial charge is 0.0280 e. The monoisotopic (exact) mass is 1410 g/mol. The van der Waals surface area contributed by atoms with Crippen molar-refractivity contribution < 1.29 is 4.11 Å². The predicted octanol–water partition coefficient (Wildman–Crippen LogP) is 32.1. The Bertz CT molecular complexity index is 3570. The summed E-state index contributed by atoms with van der Waals surface area (Å²) in [5.74, 6) is 4.11. The Morgan fingerprint density at radius 1 is 0.252 bits per heavy atom. The predicted molar refractivity (Wildman–Crippen MR) is 472 cm³/mol. The highest BCUT2D eigenvalue weighted by molar-refractivity contribution is 5.46. The zero-order valence-electron chi connectivity index (χ0n) is 79.0. The van der Waals surface area contributed by atoms with Crippen LogP contribution in [0.2, 0.25) is 0 Å². The van der Waals surface area contributed by atoms with Crippen molar-refractivity contribution in [2.75, 3.05) is 0 Å². The highest BCUT2D eigenvalue weighted by atomic mass is 14.3. The average molecular weight is 1410 g/mol. The van der Waals surface area contributed by atoms with Crippen LogP contribution in [0.1, 0.15) is 395 Å². The van der Waals surface area contributed by atoms with Crippen LogP contribution < -0.4 is 0 Å². The fourth-order valence-electron chi connectivity index (χ4n) is 15.2. The zero-order chi connectivity index (χ0) is 83.4. The Morgan fingerprint density at radius 3 is 0.738 bits per heavy atom. The fraction of sp³-hybridized carbons (Fsp3) is 0.592. The molecule has 0 radical (unpaired) electrons. The molecule has 0 atom stereocenters. The van der Waals surface area contributed by atoms with E-state index >= 15 is 0 Å². The van der Waals surface area contributed by atoms with Gasteiger partial charge in [0.25, 0.3) is 0 Å². The molecule has 0 aromatic heterocycles. The van der Waals surface area contributed by atoms with Gasteiger partial charge in [-0.15, -0.1) is 0 Å². The van der Waals surface area contributed by atoms with Gasteiger partial charge < -0.3 is 0 Å². The first kappa shape index (κ1) is 91.7. The first-order chi connectivity index (χ1) is 47.6. The van der Waals surface area contributed by atoms with Crippen LogP contribution in [0, 0.1) is 73.1 Å². The number of hydrogen-bond donors (Lipinski definition) is 0. The maximum Gasteiger partial charge on any atom is 0.0280 e. The molecule has 0 aliphatic heterocycles. The minimum absolute atomic E-state index is 0.0570. The Kier molecular flexibility index (Phi) is 36.6. The first-order valence-electron chi connectivity index (χ1n) is 41.3. The average Bonchev–Trinajstić information content (AvgIpc) is 0.808. The Morgan fingerprint density at radius 2 is 0.495 bits per heavy atom. The van der Waals surface area contributed by atoms with Crippen LogP contribution in [0.15, 0.2) is 127 Å². The van der Waals surface area contributed by atoms with Crippen molar-refractivity contribution in [3.63, 3.8) is 0 Å². The van der Waals surface area contributed by atoms with Crippen molar-refractivity contribution in [2.45, 2.75) is 385 Å². The third kappa shape index (κ3) is 34.3. The molecule has 7 aromatic rings. The van der Waals surface area contributed by atoms with Crippen molar-refractivity contribution in [3.8, 4) is 0 Å². The largest absolute Gasteiger partial charge is 0.0630 e. The van der Waals surface area contributed by atoms with E-state index in [1.165, 1.54) is 90.7 Å². The zero-order valence-corrected chi connectivity index (χ0v) is 76.0. The number of aryl methyl sites for hydroxylation is 8. The van der Waals surface area contributed by atoms with Gasteiger partial charge in [-0.3, -0.25) is 0 Å². The lowest BCUT2D eigenvalue weighted by atomic mass is 9.75. The second kappa shape index (κ2) is 41.0. The van der Waals surface area contributed by atoms with Crippen molar-refractivity contribution in [3.05, 3.63) is 244 Å². The Labute approximate surface area is 647 Å². The van der Waals surface area contributed by atoms with Crippen LogP contribution in [-0.4, -0.2) is 0 Å². The summed E-state index contributed by atoms with van der Waals surface area (Å²) in [6.45, 7) is 96.8. The van der Waals surface area contributed by atoms with Crippen LogP contribution >= 0.6 is 0 Å². The Hall–Kier alpha value is -5.46. The van der Waals surface area contributed by atoms with E-state index in [0.29, 0.717) is 23.3 Å². The van der Waals surface area contributed by atoms with E-state index in [-0.39, 0.29) is 43.3 Å². The molecule has 0 nitrogen and oxygen atoms in total. The maximum atomic E-state index is 7.43. The molecule has 0 fully saturated rings. The van der Waals surface area contributed by atoms with E-state index in [2.05, 4.69) is 406 Å². The molecule has 0 amide bonds. The molecule has 0 bridgehead atoms. The SMILES string of the molecule is CC(C)(C)c1ccccc1C(C)(C)C.CC(C)C.CC(C)Cc1cccc(CC(C)C)c1C(C)(C)C.CC(C)c1cccc(C(C)C)c1C(C)(C)C.CC(C)c1ccccc1C(C)(C)C.Cc1cc(C)c(C(C)(C)C)c(C)c1.Cc1cccc(C)c1C(C)(C)C.[2H]C([2H])([2H])c1cc(C)c(C(C)(C)C)c(C)c1. The van der Waals surface area contributed by atoms with E-state index in [9.17, 15) is 0 Å². The summed E-state index contributed by atoms with van der Waals surface area (Å²) < 4.78 is 22.3. The minimum Gasteiger partial charge on any atom is -0.0630 e. The van der Waals surface area contributed by atoms with Crippen LogP contribution in [0.5, 0.6) is 0 Å². The molecule has 0 saturated carbocycles. The van der Waals surface area contributed by atoms with Crippen LogP contribution in [0.3, 0.4) is 0 Å². The molecule has 7 rings (SSSR count). The van der Waals surface area contributed by atoms with Gasteiger partial charge >= 0.3 is 0 Å². The summed E-state index contributed by atoms with van der Waals surface area (Å²) in [5, 5.41) is 0. The van der Waals surface area contributed by atoms with Gasteiger partial charge in [-0.2, -0.15) is 0 Å². The van der Waals surface area contributed by atoms with E-state index in [1.54, 1.807) is 34.4 Å². The van der Waals surface area contributed by atoms with Crippen LogP contribution in [-0.2, 0) is 56.2 Å². The molecule has 0 spiro atoms. The standard InChI is InChI=1S/C18H30.C16H26.C14H22.3C13H20.C12H18.C4H10/c1-13(2)11-15-9-8-10-16(12-14(3)4)17(15)18(5,6)7;1-11(2)13-9-8-10-14(12(3)4)15(13)16(5,6)7;1-13(2,3)11-9-7-8-10-12(11)14(4,5)6;2*1-9-7-10(2)12(11(3)8-9)13(4,5)6;1-10(2)11-8-6-7-9-12(11)13(3,4)5;1-9-7-6-8-10(2)11(9)12(3,4)5;1-4(2)3/h8-10,13-14H,11-12H2,1-7H3;8-12H,1-7H3;7-10H,1-6H3;2*7-8H,1-6H3;6-10H,1-5H3;6-8H,1-5H3;4H,1-3H3/i;;;1D3;;;;. The summed E-state index contributed by atoms with van der Waals surface area (Å²) in [6.07, 6.45) is 2.39. The summed E-state index contributed by atoms with van der Waals surface area (Å²) in [7, 11) is 0. The van der Waals surface area contributed by atoms with Gasteiger partial charge in [0.1, 0.15) is 0 Å². The molecule has 0 heterocycles. The van der Waals surface area contributed by atoms with Crippen molar-refractivity contribution in [1.29, 1.82) is 0 Å². The molecule has 103 heavy (non-hydrogen) atoms. The van der Waals surface area contributed by atoms with Gasteiger partial charge in [0.15, 0.2) is 0 Å². The van der Waals surface area contributed by atoms with Gasteiger partial charge in [-0.1, -0.05) is 395 Å². The lowest BCUT2D eigenvalue weighted by Crippen LogP contribution is -2.21. The number of hydrogen-bond acceptors (Lipinski definition) is 0. The van der Waals surface area contributed by atoms with E-state index < -0.39 is 6.85 Å². The summed E-state index contributed by atoms with van der Waals surface area (Å²) >= 11 is 0. The first-order valence-corrected chi connectivity index (χ1v) is 39.8. The Balaban J connectivity index is 0.00000121. The molecular weight excluding hydrogens is 1240 g/mol. The normalized spacial score (nSPS) is 12.7. The molecule has 0 saturated heterocycles. The summed E-state index contributed by atoms with van der Waals surface area (Å²) in [4.78, 5) is 0. The molecule has 578 valence electrons. The van der Waals surface area contributed by atoms with Crippen molar-refractivity contribution in [1.82, 2.24) is 0 Å². The van der Waals surface area contributed by atoms with Gasteiger partial charge in [0.05, 0.1) is 0 Å². The highest BCUT2D eigenvalue weighted by Gasteiger charge is 2.28. The van der Waals surface area contributed by atoms with Crippen LogP contribution in [0.4, 0.5) is 0 Å². The van der Waals surface area contributed by atoms with Crippen molar-refractivity contribution in [2.24, 2.45) is 17.8 Å². The molecular formula is C103H166. The molecule has 0 aliphatic carbocycles. The van der Waals surface area contributed by atoms with E-state index in [4.69, 9.17) is 4.11 Å². The quantitative estimate of drug-likeness (QED) is 0.149. The number of benzene rings is 7. The van der Waals surface area contributed by atoms with Crippen molar-refractivity contribution >= 4 is 0 Å². The van der Waals surface area contributed by atoms with E-state index in [1.807, 2.05) is 13.8 Å². The lowest BCUT2D eigenvalue weighted by molar-refractivity contribution is 0.530. The fourth-order valence-corrected chi connectivity index (χ4v) is 15.2. The molecule has 0 heteroatoms. The topological polar surface area (TPSA) is 0 Å². The third-order valence-electron chi connectivity index (χ3n) is 18.2. The minimum atomic E-state index is -2.01. The highest BCUT2D eigenvalue weighted by Crippen LogP contribution is 2.39. The summed E-state index contributed by atoms with van der Waals surface area (Å²) in [5.41, 5.74) is 30.8. The molecule has 0 unspecified atom stereocenters. The maximum absolute atomic E-state index is 7.43. The molecule has 0 aliphatic rings. The second-order valence-corrected chi connectivity index (χ2v) is 40.8. The lowest BCUT2D eigenvalue weighted by Gasteiger charge is -2.29. The summed E-state index contributed by atoms with van der Waals surface area (Å²) in [6, 6.07) is 45.8. The van der Waals surface area contributed by atoms with Gasteiger partial charge in [-0.05, 0) is 253 Å². The van der Waals surface area contributed by atoms with Gasteiger partial charge in [0, 0.05) is 4.11 Å². The van der Waals surface area contributed by atoms with Gasteiger partial charge in [-0.25, -0.2) is 0 Å². The van der Waals surface area contributed by atoms with Gasteiger partial charge in [0.2, 0.25) is 0 Å². The number of rotatable bonds is 7. The molecule has 7 aromatic carbocycles. The van der Waals surface area contributed by atoms with E-state index in [0.717, 1.165) is 28.9 Å².